The monoisotopic (exact) mass is 367 g/mol. The molecule has 0 N–H and O–H groups in total. The predicted octanol–water partition coefficient (Wildman–Crippen LogP) is 4.68. The van der Waals surface area contributed by atoms with Gasteiger partial charge in [0.05, 0.1) is 6.61 Å². The Morgan fingerprint density at radius 3 is 2.59 bits per heavy atom. The number of esters is 1. The molecule has 1 aromatic carbocycles. The van der Waals surface area contributed by atoms with E-state index in [2.05, 4.69) is 32.0 Å². The summed E-state index contributed by atoms with van der Waals surface area (Å²) in [6.07, 6.45) is 1.24. The number of Topliss-reactive ketones (excluding diaryl/α,β-unsaturated/α-hetero) is 1. The van der Waals surface area contributed by atoms with Gasteiger partial charge in [-0.15, -0.1) is 0 Å². The zero-order valence-electron chi connectivity index (χ0n) is 17.2. The van der Waals surface area contributed by atoms with Crippen molar-refractivity contribution in [3.05, 3.63) is 46.2 Å². The summed E-state index contributed by atoms with van der Waals surface area (Å²) < 4.78 is 5.38. The molecule has 3 rings (SSSR count). The first kappa shape index (κ1) is 19.5. The molecule has 0 amide bonds. The maximum absolute atomic E-state index is 13.2. The molecule has 0 saturated heterocycles. The van der Waals surface area contributed by atoms with Gasteiger partial charge in [-0.2, -0.15) is 0 Å². The molecule has 1 aliphatic carbocycles. The van der Waals surface area contributed by atoms with Crippen LogP contribution in [0, 0.1) is 25.2 Å². The second-order valence-corrected chi connectivity index (χ2v) is 8.62. The van der Waals surface area contributed by atoms with Crippen molar-refractivity contribution in [3.63, 3.8) is 0 Å². The summed E-state index contributed by atoms with van der Waals surface area (Å²) in [6.45, 7) is 12.3. The number of hydrogen-bond acceptors (Lipinski definition) is 4. The van der Waals surface area contributed by atoms with Gasteiger partial charge in [0.1, 0.15) is 5.92 Å². The molecule has 2 aliphatic rings. The minimum Gasteiger partial charge on any atom is -0.465 e. The van der Waals surface area contributed by atoms with E-state index in [-0.39, 0.29) is 23.1 Å². The first-order valence-corrected chi connectivity index (χ1v) is 9.70. The summed E-state index contributed by atoms with van der Waals surface area (Å²) in [7, 11) is 0. The van der Waals surface area contributed by atoms with Crippen molar-refractivity contribution >= 4 is 17.5 Å². The molecule has 1 unspecified atom stereocenters. The number of ketones is 1. The van der Waals surface area contributed by atoms with E-state index in [4.69, 9.17) is 9.73 Å². The van der Waals surface area contributed by atoms with Crippen LogP contribution >= 0.6 is 0 Å². The SMILES string of the molecule is CCOC(=O)C1C(C)=NC2=C(C(=O)CC(C)(C)C2)[C@H]1c1cc(C)ccc1C. The van der Waals surface area contributed by atoms with Crippen molar-refractivity contribution in [2.24, 2.45) is 16.3 Å². The fourth-order valence-electron chi connectivity index (χ4n) is 4.41. The Bertz CT molecular complexity index is 860. The molecule has 4 heteroatoms. The summed E-state index contributed by atoms with van der Waals surface area (Å²) in [5, 5.41) is 0. The molecule has 1 aliphatic heterocycles. The number of ether oxygens (including phenoxy) is 1. The predicted molar refractivity (Wildman–Crippen MR) is 107 cm³/mol. The third kappa shape index (κ3) is 3.62. The van der Waals surface area contributed by atoms with Crippen LogP contribution in [0.5, 0.6) is 0 Å². The lowest BCUT2D eigenvalue weighted by Crippen LogP contribution is -2.39. The van der Waals surface area contributed by atoms with Crippen molar-refractivity contribution in [3.8, 4) is 0 Å². The normalized spacial score (nSPS) is 24.4. The van der Waals surface area contributed by atoms with Gasteiger partial charge in [-0.3, -0.25) is 14.6 Å². The van der Waals surface area contributed by atoms with E-state index in [0.717, 1.165) is 34.5 Å². The number of benzene rings is 1. The standard InChI is InChI=1S/C23H29NO3/c1-7-27-22(26)19-15(4)24-17-11-23(5,6)12-18(25)21(17)20(19)16-10-13(2)8-9-14(16)3/h8-10,19-20H,7,11-12H2,1-6H3/t19?,20-/m0/s1. The lowest BCUT2D eigenvalue weighted by atomic mass is 9.66. The Morgan fingerprint density at radius 2 is 1.93 bits per heavy atom. The third-order valence-electron chi connectivity index (χ3n) is 5.61. The molecular weight excluding hydrogens is 338 g/mol. The summed E-state index contributed by atoms with van der Waals surface area (Å²) in [5.74, 6) is -1.05. The highest BCUT2D eigenvalue weighted by Crippen LogP contribution is 2.48. The quantitative estimate of drug-likeness (QED) is 0.729. The molecular formula is C23H29NO3. The van der Waals surface area contributed by atoms with E-state index in [1.807, 2.05) is 20.8 Å². The van der Waals surface area contributed by atoms with E-state index >= 15 is 0 Å². The number of aryl methyl sites for hydroxylation is 2. The Balaban J connectivity index is 2.23. The number of carbonyl (C=O) groups excluding carboxylic acids is 2. The van der Waals surface area contributed by atoms with Crippen molar-refractivity contribution < 1.29 is 14.3 Å². The molecule has 0 radical (unpaired) electrons. The number of rotatable bonds is 3. The molecule has 0 saturated carbocycles. The largest absolute Gasteiger partial charge is 0.465 e. The minimum atomic E-state index is -0.547. The first-order chi connectivity index (χ1) is 12.6. The zero-order valence-corrected chi connectivity index (χ0v) is 17.2. The van der Waals surface area contributed by atoms with E-state index in [0.29, 0.717) is 18.6 Å². The molecule has 27 heavy (non-hydrogen) atoms. The number of allylic oxidation sites excluding steroid dienone is 2. The fraction of sp³-hybridized carbons (Fsp3) is 0.522. The minimum absolute atomic E-state index is 0.108. The zero-order chi connectivity index (χ0) is 19.9. The van der Waals surface area contributed by atoms with E-state index < -0.39 is 5.92 Å². The summed E-state index contributed by atoms with van der Waals surface area (Å²) in [6, 6.07) is 6.22. The highest BCUT2D eigenvalue weighted by molar-refractivity contribution is 6.09. The number of nitrogens with zero attached hydrogens (tertiary/aromatic N) is 1. The lowest BCUT2D eigenvalue weighted by molar-refractivity contribution is -0.146. The maximum atomic E-state index is 13.2. The molecule has 1 aromatic rings. The van der Waals surface area contributed by atoms with Crippen LogP contribution in [-0.4, -0.2) is 24.1 Å². The van der Waals surface area contributed by atoms with Crippen LogP contribution in [0.25, 0.3) is 0 Å². The van der Waals surface area contributed by atoms with Crippen LogP contribution in [0.2, 0.25) is 0 Å². The molecule has 0 spiro atoms. The van der Waals surface area contributed by atoms with Crippen LogP contribution in [0.3, 0.4) is 0 Å². The highest BCUT2D eigenvalue weighted by atomic mass is 16.5. The van der Waals surface area contributed by atoms with Gasteiger partial charge in [0.25, 0.3) is 0 Å². The van der Waals surface area contributed by atoms with Crippen LogP contribution in [0.4, 0.5) is 0 Å². The van der Waals surface area contributed by atoms with Crippen molar-refractivity contribution in [2.75, 3.05) is 6.61 Å². The van der Waals surface area contributed by atoms with Gasteiger partial charge in [-0.1, -0.05) is 37.6 Å². The fourth-order valence-corrected chi connectivity index (χ4v) is 4.41. The molecule has 2 atom stereocenters. The lowest BCUT2D eigenvalue weighted by Gasteiger charge is -2.39. The molecule has 4 nitrogen and oxygen atoms in total. The first-order valence-electron chi connectivity index (χ1n) is 9.70. The van der Waals surface area contributed by atoms with Gasteiger partial charge in [0.15, 0.2) is 5.78 Å². The average Bonchev–Trinajstić information content (AvgIpc) is 2.54. The van der Waals surface area contributed by atoms with Gasteiger partial charge in [-0.25, -0.2) is 0 Å². The molecule has 0 fully saturated rings. The van der Waals surface area contributed by atoms with Crippen LogP contribution in [0.1, 0.15) is 63.1 Å². The summed E-state index contributed by atoms with van der Waals surface area (Å²) >= 11 is 0. The van der Waals surface area contributed by atoms with Crippen molar-refractivity contribution in [2.45, 2.75) is 60.3 Å². The molecule has 0 bridgehead atoms. The second-order valence-electron chi connectivity index (χ2n) is 8.62. The van der Waals surface area contributed by atoms with Crippen molar-refractivity contribution in [1.29, 1.82) is 0 Å². The Kier molecular flexibility index (Phi) is 5.11. The van der Waals surface area contributed by atoms with Gasteiger partial charge < -0.3 is 4.74 Å². The topological polar surface area (TPSA) is 55.7 Å². The van der Waals surface area contributed by atoms with Gasteiger partial charge >= 0.3 is 5.97 Å². The summed E-state index contributed by atoms with van der Waals surface area (Å²) in [4.78, 5) is 30.8. The van der Waals surface area contributed by atoms with Crippen LogP contribution in [0.15, 0.2) is 34.5 Å². The molecule has 1 heterocycles. The van der Waals surface area contributed by atoms with E-state index in [9.17, 15) is 9.59 Å². The Morgan fingerprint density at radius 1 is 1.22 bits per heavy atom. The summed E-state index contributed by atoms with van der Waals surface area (Å²) in [5.41, 5.74) is 5.42. The molecule has 0 aromatic heterocycles. The average molecular weight is 367 g/mol. The number of aliphatic imine (C=N–C) groups is 1. The van der Waals surface area contributed by atoms with Crippen LogP contribution < -0.4 is 0 Å². The molecule has 144 valence electrons. The van der Waals surface area contributed by atoms with Gasteiger partial charge in [0.2, 0.25) is 0 Å². The Hall–Kier alpha value is -2.23. The van der Waals surface area contributed by atoms with Gasteiger partial charge in [-0.05, 0) is 50.7 Å². The number of carbonyl (C=O) groups is 2. The second kappa shape index (κ2) is 7.06. The van der Waals surface area contributed by atoms with Crippen LogP contribution in [-0.2, 0) is 14.3 Å². The maximum Gasteiger partial charge on any atom is 0.315 e. The Labute approximate surface area is 161 Å². The number of hydrogen-bond donors (Lipinski definition) is 0. The third-order valence-corrected chi connectivity index (χ3v) is 5.61. The smallest absolute Gasteiger partial charge is 0.315 e. The van der Waals surface area contributed by atoms with Gasteiger partial charge in [0, 0.05) is 29.3 Å². The highest BCUT2D eigenvalue weighted by Gasteiger charge is 2.46. The van der Waals surface area contributed by atoms with E-state index in [1.165, 1.54) is 0 Å². The van der Waals surface area contributed by atoms with Crippen molar-refractivity contribution in [1.82, 2.24) is 0 Å². The van der Waals surface area contributed by atoms with E-state index in [1.54, 1.807) is 6.92 Å².